The van der Waals surface area contributed by atoms with Gasteiger partial charge < -0.3 is 0 Å². The minimum atomic E-state index is 0.740. The molecule has 1 rings (SSSR count). The van der Waals surface area contributed by atoms with Gasteiger partial charge in [0.25, 0.3) is 0 Å². The van der Waals surface area contributed by atoms with Gasteiger partial charge in [-0.05, 0) is 25.8 Å². The van der Waals surface area contributed by atoms with Gasteiger partial charge in [-0.3, -0.25) is 0 Å². The molecule has 0 fully saturated rings. The van der Waals surface area contributed by atoms with E-state index in [1.165, 1.54) is 0 Å². The highest BCUT2D eigenvalue weighted by Crippen LogP contribution is 1.91. The molecule has 0 N–H and O–H groups in total. The van der Waals surface area contributed by atoms with E-state index in [2.05, 4.69) is 10.9 Å². The SMILES string of the molecule is C#Cc1nc(=C/C=C\C)/c(=C\C)s1. The number of nitrogens with zero attached hydrogens (tertiary/aromatic N) is 1. The minimum Gasteiger partial charge on any atom is -0.228 e. The van der Waals surface area contributed by atoms with Crippen LogP contribution in [-0.4, -0.2) is 4.98 Å². The summed E-state index contributed by atoms with van der Waals surface area (Å²) in [6.45, 7) is 3.96. The van der Waals surface area contributed by atoms with E-state index in [0.717, 1.165) is 14.9 Å². The number of terminal acetylenes is 1. The molecule has 0 unspecified atom stereocenters. The van der Waals surface area contributed by atoms with Crippen LogP contribution < -0.4 is 9.88 Å². The molecule has 1 heterocycles. The molecule has 0 aliphatic heterocycles. The maximum Gasteiger partial charge on any atom is 0.167 e. The average molecular weight is 189 g/mol. The lowest BCUT2D eigenvalue weighted by Crippen LogP contribution is -2.19. The summed E-state index contributed by atoms with van der Waals surface area (Å²) >= 11 is 1.54. The van der Waals surface area contributed by atoms with Crippen molar-refractivity contribution in [3.63, 3.8) is 0 Å². The lowest BCUT2D eigenvalue weighted by molar-refractivity contribution is 1.29. The normalized spacial score (nSPS) is 13.9. The van der Waals surface area contributed by atoms with E-state index in [1.807, 2.05) is 38.2 Å². The Bertz CT molecular complexity index is 457. The number of aromatic nitrogens is 1. The molecule has 0 amide bonds. The summed E-state index contributed by atoms with van der Waals surface area (Å²) in [7, 11) is 0. The predicted octanol–water partition coefficient (Wildman–Crippen LogP) is 1.28. The molecule has 13 heavy (non-hydrogen) atoms. The van der Waals surface area contributed by atoms with E-state index < -0.39 is 0 Å². The highest BCUT2D eigenvalue weighted by atomic mass is 32.1. The van der Waals surface area contributed by atoms with Crippen molar-refractivity contribution in [3.8, 4) is 12.3 Å². The van der Waals surface area contributed by atoms with Gasteiger partial charge in [-0.25, -0.2) is 4.98 Å². The first kappa shape index (κ1) is 9.76. The largest absolute Gasteiger partial charge is 0.228 e. The van der Waals surface area contributed by atoms with Crippen LogP contribution in [-0.2, 0) is 0 Å². The fourth-order valence-electron chi connectivity index (χ4n) is 0.919. The Morgan fingerprint density at radius 1 is 1.46 bits per heavy atom. The first-order valence-electron chi connectivity index (χ1n) is 4.04. The van der Waals surface area contributed by atoms with E-state index in [0.29, 0.717) is 0 Å². The average Bonchev–Trinajstić information content (AvgIpc) is 2.57. The number of allylic oxidation sites excluding steroid dienone is 2. The molecule has 0 saturated heterocycles. The monoisotopic (exact) mass is 189 g/mol. The van der Waals surface area contributed by atoms with Crippen LogP contribution in [0, 0.1) is 12.3 Å². The second-order valence-electron chi connectivity index (χ2n) is 2.39. The van der Waals surface area contributed by atoms with Crippen LogP contribution in [0.4, 0.5) is 0 Å². The van der Waals surface area contributed by atoms with Crippen molar-refractivity contribution in [1.82, 2.24) is 4.98 Å². The Hall–Kier alpha value is -1.33. The summed E-state index contributed by atoms with van der Waals surface area (Å²) in [6, 6.07) is 0. The summed E-state index contributed by atoms with van der Waals surface area (Å²) in [5.74, 6) is 2.54. The molecule has 0 atom stereocenters. The maximum absolute atomic E-state index is 5.27. The zero-order chi connectivity index (χ0) is 9.68. The van der Waals surface area contributed by atoms with Gasteiger partial charge in [0.15, 0.2) is 5.01 Å². The van der Waals surface area contributed by atoms with E-state index in [4.69, 9.17) is 6.42 Å². The van der Waals surface area contributed by atoms with Crippen molar-refractivity contribution in [1.29, 1.82) is 0 Å². The highest BCUT2D eigenvalue weighted by molar-refractivity contribution is 7.10. The highest BCUT2D eigenvalue weighted by Gasteiger charge is 1.93. The minimum absolute atomic E-state index is 0.740. The summed E-state index contributed by atoms with van der Waals surface area (Å²) in [4.78, 5) is 4.28. The molecule has 1 nitrogen and oxygen atoms in total. The Kier molecular flexibility index (Phi) is 3.48. The van der Waals surface area contributed by atoms with E-state index >= 15 is 0 Å². The molecule has 66 valence electrons. The molecular formula is C11H11NS. The van der Waals surface area contributed by atoms with Gasteiger partial charge in [0.05, 0.1) is 9.88 Å². The second kappa shape index (κ2) is 4.64. The van der Waals surface area contributed by atoms with E-state index in [1.54, 1.807) is 11.3 Å². The van der Waals surface area contributed by atoms with Crippen molar-refractivity contribution >= 4 is 23.5 Å². The van der Waals surface area contributed by atoms with Crippen molar-refractivity contribution in [2.75, 3.05) is 0 Å². The van der Waals surface area contributed by atoms with Crippen LogP contribution in [0.25, 0.3) is 12.2 Å². The molecule has 1 aromatic rings. The number of hydrogen-bond acceptors (Lipinski definition) is 2. The molecule has 0 radical (unpaired) electrons. The van der Waals surface area contributed by atoms with Crippen LogP contribution >= 0.6 is 11.3 Å². The van der Waals surface area contributed by atoms with Crippen LogP contribution in [0.1, 0.15) is 18.9 Å². The standard InChI is InChI=1S/C11H11NS/c1-4-7-8-9-10(5-2)13-11(6-3)12-9/h3-5,7-8H,1-2H3/b7-4-,9-8+,10-5+. The topological polar surface area (TPSA) is 12.9 Å². The first-order valence-corrected chi connectivity index (χ1v) is 4.86. The fourth-order valence-corrected chi connectivity index (χ4v) is 1.67. The zero-order valence-electron chi connectivity index (χ0n) is 7.74. The Balaban J connectivity index is 3.38. The Morgan fingerprint density at radius 2 is 2.23 bits per heavy atom. The number of thiazole rings is 1. The third kappa shape index (κ3) is 2.30. The molecule has 0 bridgehead atoms. The molecule has 0 aliphatic carbocycles. The first-order chi connectivity index (χ1) is 6.31. The summed E-state index contributed by atoms with van der Waals surface area (Å²) < 4.78 is 1.13. The molecule has 1 aromatic heterocycles. The number of hydrogen-bond donors (Lipinski definition) is 0. The van der Waals surface area contributed by atoms with Gasteiger partial charge in [-0.2, -0.15) is 0 Å². The smallest absolute Gasteiger partial charge is 0.167 e. The van der Waals surface area contributed by atoms with Crippen LogP contribution in [0.15, 0.2) is 12.2 Å². The zero-order valence-corrected chi connectivity index (χ0v) is 8.56. The van der Waals surface area contributed by atoms with E-state index in [9.17, 15) is 0 Å². The molecule has 2 heteroatoms. The Morgan fingerprint density at radius 3 is 2.77 bits per heavy atom. The number of rotatable bonds is 1. The van der Waals surface area contributed by atoms with Crippen molar-refractivity contribution < 1.29 is 0 Å². The van der Waals surface area contributed by atoms with Crippen LogP contribution in [0.3, 0.4) is 0 Å². The second-order valence-corrected chi connectivity index (χ2v) is 3.42. The van der Waals surface area contributed by atoms with Gasteiger partial charge >= 0.3 is 0 Å². The third-order valence-corrected chi connectivity index (χ3v) is 2.58. The lowest BCUT2D eigenvalue weighted by atomic mass is 10.4. The Labute approximate surface area is 82.1 Å². The quantitative estimate of drug-likeness (QED) is 0.606. The van der Waals surface area contributed by atoms with E-state index in [-0.39, 0.29) is 0 Å². The molecule has 0 aliphatic rings. The maximum atomic E-state index is 5.27. The van der Waals surface area contributed by atoms with Crippen LogP contribution in [0.5, 0.6) is 0 Å². The fraction of sp³-hybridized carbons (Fsp3) is 0.182. The van der Waals surface area contributed by atoms with Gasteiger partial charge in [0.2, 0.25) is 0 Å². The summed E-state index contributed by atoms with van der Waals surface area (Å²) in [5, 5.41) is 1.70. The van der Waals surface area contributed by atoms with Gasteiger partial charge in [-0.15, -0.1) is 17.8 Å². The lowest BCUT2D eigenvalue weighted by Gasteiger charge is -1.73. The van der Waals surface area contributed by atoms with Crippen molar-refractivity contribution in [2.24, 2.45) is 0 Å². The van der Waals surface area contributed by atoms with Gasteiger partial charge in [0, 0.05) is 0 Å². The van der Waals surface area contributed by atoms with Gasteiger partial charge in [0.1, 0.15) is 0 Å². The molecular weight excluding hydrogens is 178 g/mol. The van der Waals surface area contributed by atoms with Gasteiger partial charge in [-0.1, -0.05) is 18.2 Å². The molecule has 0 aromatic carbocycles. The van der Waals surface area contributed by atoms with Crippen molar-refractivity contribution in [2.45, 2.75) is 13.8 Å². The van der Waals surface area contributed by atoms with Crippen LogP contribution in [0.2, 0.25) is 0 Å². The van der Waals surface area contributed by atoms with Crippen molar-refractivity contribution in [3.05, 3.63) is 27.0 Å². The predicted molar refractivity (Wildman–Crippen MR) is 58.7 cm³/mol. The summed E-state index contributed by atoms with van der Waals surface area (Å²) in [5.41, 5.74) is 0. The summed E-state index contributed by atoms with van der Waals surface area (Å²) in [6.07, 6.45) is 13.2. The molecule has 0 saturated carbocycles. The molecule has 0 spiro atoms. The third-order valence-electron chi connectivity index (χ3n) is 1.51.